The van der Waals surface area contributed by atoms with Gasteiger partial charge in [0.15, 0.2) is 0 Å². The Bertz CT molecular complexity index is 461. The predicted octanol–water partition coefficient (Wildman–Crippen LogP) is 1.54. The van der Waals surface area contributed by atoms with Crippen LogP contribution in [0, 0.1) is 0 Å². The van der Waals surface area contributed by atoms with Gasteiger partial charge in [-0.3, -0.25) is 9.59 Å². The molecule has 1 aromatic carbocycles. The predicted molar refractivity (Wildman–Crippen MR) is 74.1 cm³/mol. The van der Waals surface area contributed by atoms with Crippen LogP contribution in [-0.2, 0) is 14.3 Å². The molecule has 0 heterocycles. The summed E-state index contributed by atoms with van der Waals surface area (Å²) < 4.78 is 10.3. The number of nitrogens with zero attached hydrogens (tertiary/aromatic N) is 1. The van der Waals surface area contributed by atoms with Gasteiger partial charge in [-0.2, -0.15) is 0 Å². The zero-order chi connectivity index (χ0) is 15.0. The lowest BCUT2D eigenvalue weighted by Crippen LogP contribution is -2.35. The summed E-state index contributed by atoms with van der Waals surface area (Å²) in [7, 11) is 1.42. The Morgan fingerprint density at radius 1 is 1.30 bits per heavy atom. The molecule has 20 heavy (non-hydrogen) atoms. The van der Waals surface area contributed by atoms with Crippen molar-refractivity contribution < 1.29 is 24.2 Å². The Balaban J connectivity index is 3.02. The van der Waals surface area contributed by atoms with Crippen LogP contribution in [-0.4, -0.2) is 43.9 Å². The number of amides is 1. The Hall–Kier alpha value is -2.08. The molecule has 0 saturated carbocycles. The molecule has 1 aromatic rings. The standard InChI is InChI=1S/C14H19NO5/c1-3-20-12-7-5-4-6-11(12)15(9-8-14(17)18)13(16)10-19-2/h4-7H,3,8-10H2,1-2H3,(H,17,18). The van der Waals surface area contributed by atoms with Crippen LogP contribution >= 0.6 is 0 Å². The highest BCUT2D eigenvalue weighted by atomic mass is 16.5. The molecule has 0 aromatic heterocycles. The van der Waals surface area contributed by atoms with Gasteiger partial charge in [-0.25, -0.2) is 0 Å². The largest absolute Gasteiger partial charge is 0.492 e. The fourth-order valence-corrected chi connectivity index (χ4v) is 1.75. The summed E-state index contributed by atoms with van der Waals surface area (Å²) in [6.07, 6.45) is -0.143. The quantitative estimate of drug-likeness (QED) is 0.782. The van der Waals surface area contributed by atoms with Crippen molar-refractivity contribution in [3.63, 3.8) is 0 Å². The monoisotopic (exact) mass is 281 g/mol. The van der Waals surface area contributed by atoms with E-state index in [-0.39, 0.29) is 25.5 Å². The lowest BCUT2D eigenvalue weighted by Gasteiger charge is -2.24. The average molecular weight is 281 g/mol. The Labute approximate surface area is 117 Å². The van der Waals surface area contributed by atoms with E-state index < -0.39 is 5.97 Å². The summed E-state index contributed by atoms with van der Waals surface area (Å²) in [5.41, 5.74) is 0.553. The number of hydrogen-bond acceptors (Lipinski definition) is 4. The van der Waals surface area contributed by atoms with Crippen LogP contribution in [0.2, 0.25) is 0 Å². The number of carbonyl (C=O) groups excluding carboxylic acids is 1. The number of benzene rings is 1. The third-order valence-electron chi connectivity index (χ3n) is 2.57. The van der Waals surface area contributed by atoms with Crippen LogP contribution in [0.4, 0.5) is 5.69 Å². The van der Waals surface area contributed by atoms with E-state index >= 15 is 0 Å². The normalized spacial score (nSPS) is 10.1. The molecule has 0 spiro atoms. The second-order valence-corrected chi connectivity index (χ2v) is 4.02. The number of anilines is 1. The molecule has 6 heteroatoms. The summed E-state index contributed by atoms with van der Waals surface area (Å²) in [6.45, 7) is 2.26. The van der Waals surface area contributed by atoms with Gasteiger partial charge in [0.05, 0.1) is 18.7 Å². The number of para-hydroxylation sites is 2. The maximum atomic E-state index is 12.1. The first-order chi connectivity index (χ1) is 9.60. The summed E-state index contributed by atoms with van der Waals surface area (Å²) in [5.74, 6) is -0.722. The Morgan fingerprint density at radius 2 is 2.00 bits per heavy atom. The first kappa shape index (κ1) is 16.0. The molecule has 0 aliphatic heterocycles. The van der Waals surface area contributed by atoms with Gasteiger partial charge in [0.25, 0.3) is 5.91 Å². The minimum absolute atomic E-state index is 0.0710. The van der Waals surface area contributed by atoms with E-state index in [0.29, 0.717) is 18.0 Å². The fourth-order valence-electron chi connectivity index (χ4n) is 1.75. The number of methoxy groups -OCH3 is 1. The Kier molecular flexibility index (Phi) is 6.52. The Morgan fingerprint density at radius 3 is 2.60 bits per heavy atom. The van der Waals surface area contributed by atoms with Gasteiger partial charge in [0.2, 0.25) is 0 Å². The average Bonchev–Trinajstić information content (AvgIpc) is 2.41. The van der Waals surface area contributed by atoms with E-state index in [1.807, 2.05) is 6.92 Å². The number of rotatable bonds is 8. The van der Waals surface area contributed by atoms with E-state index in [1.165, 1.54) is 12.0 Å². The van der Waals surface area contributed by atoms with E-state index in [0.717, 1.165) is 0 Å². The highest BCUT2D eigenvalue weighted by Crippen LogP contribution is 2.28. The van der Waals surface area contributed by atoms with Crippen molar-refractivity contribution in [1.29, 1.82) is 0 Å². The molecular formula is C14H19NO5. The molecule has 0 bridgehead atoms. The van der Waals surface area contributed by atoms with E-state index in [4.69, 9.17) is 14.6 Å². The van der Waals surface area contributed by atoms with Gasteiger partial charge < -0.3 is 19.5 Å². The summed E-state index contributed by atoms with van der Waals surface area (Å²) in [5, 5.41) is 8.79. The van der Waals surface area contributed by atoms with Crippen LogP contribution in [0.25, 0.3) is 0 Å². The van der Waals surface area contributed by atoms with Gasteiger partial charge >= 0.3 is 5.97 Å². The summed E-state index contributed by atoms with van der Waals surface area (Å²) >= 11 is 0. The molecule has 0 aliphatic rings. The van der Waals surface area contributed by atoms with Crippen molar-refractivity contribution in [3.8, 4) is 5.75 Å². The molecule has 6 nitrogen and oxygen atoms in total. The lowest BCUT2D eigenvalue weighted by molar-refractivity contribution is -0.136. The molecular weight excluding hydrogens is 262 g/mol. The van der Waals surface area contributed by atoms with Gasteiger partial charge in [-0.15, -0.1) is 0 Å². The fraction of sp³-hybridized carbons (Fsp3) is 0.429. The number of carboxylic acid groups (broad SMARTS) is 1. The molecule has 1 amide bonds. The molecule has 0 fully saturated rings. The van der Waals surface area contributed by atoms with Crippen LogP contribution < -0.4 is 9.64 Å². The summed E-state index contributed by atoms with van der Waals surface area (Å²) in [6, 6.07) is 7.03. The number of aliphatic carboxylic acids is 1. The lowest BCUT2D eigenvalue weighted by atomic mass is 10.2. The van der Waals surface area contributed by atoms with Crippen molar-refractivity contribution in [3.05, 3.63) is 24.3 Å². The highest BCUT2D eigenvalue weighted by Gasteiger charge is 2.19. The molecule has 0 aliphatic carbocycles. The molecule has 1 rings (SSSR count). The third kappa shape index (κ3) is 4.55. The van der Waals surface area contributed by atoms with Crippen molar-refractivity contribution >= 4 is 17.6 Å². The topological polar surface area (TPSA) is 76.1 Å². The van der Waals surface area contributed by atoms with Crippen molar-refractivity contribution in [2.24, 2.45) is 0 Å². The highest BCUT2D eigenvalue weighted by molar-refractivity contribution is 5.96. The van der Waals surface area contributed by atoms with Gasteiger partial charge in [-0.05, 0) is 19.1 Å². The summed E-state index contributed by atoms with van der Waals surface area (Å²) in [4.78, 5) is 24.2. The second-order valence-electron chi connectivity index (χ2n) is 4.02. The van der Waals surface area contributed by atoms with Crippen molar-refractivity contribution in [1.82, 2.24) is 0 Å². The van der Waals surface area contributed by atoms with E-state index in [1.54, 1.807) is 24.3 Å². The number of hydrogen-bond donors (Lipinski definition) is 1. The number of carboxylic acids is 1. The first-order valence-corrected chi connectivity index (χ1v) is 6.33. The minimum atomic E-state index is -0.964. The van der Waals surface area contributed by atoms with Gasteiger partial charge in [-0.1, -0.05) is 12.1 Å². The number of carbonyl (C=O) groups is 2. The van der Waals surface area contributed by atoms with Crippen LogP contribution in [0.3, 0.4) is 0 Å². The molecule has 0 unspecified atom stereocenters. The number of ether oxygens (including phenoxy) is 2. The van der Waals surface area contributed by atoms with Crippen LogP contribution in [0.15, 0.2) is 24.3 Å². The first-order valence-electron chi connectivity index (χ1n) is 6.33. The zero-order valence-corrected chi connectivity index (χ0v) is 11.7. The zero-order valence-electron chi connectivity index (χ0n) is 11.7. The maximum Gasteiger partial charge on any atom is 0.305 e. The molecule has 0 saturated heterocycles. The molecule has 1 N–H and O–H groups in total. The smallest absolute Gasteiger partial charge is 0.305 e. The molecule has 110 valence electrons. The molecule has 0 atom stereocenters. The van der Waals surface area contributed by atoms with Crippen molar-refractivity contribution in [2.45, 2.75) is 13.3 Å². The van der Waals surface area contributed by atoms with Crippen LogP contribution in [0.1, 0.15) is 13.3 Å². The minimum Gasteiger partial charge on any atom is -0.492 e. The van der Waals surface area contributed by atoms with Crippen LogP contribution in [0.5, 0.6) is 5.75 Å². The SMILES string of the molecule is CCOc1ccccc1N(CCC(=O)O)C(=O)COC. The molecule has 0 radical (unpaired) electrons. The third-order valence-corrected chi connectivity index (χ3v) is 2.57. The van der Waals surface area contributed by atoms with E-state index in [9.17, 15) is 9.59 Å². The second kappa shape index (κ2) is 8.16. The van der Waals surface area contributed by atoms with E-state index in [2.05, 4.69) is 0 Å². The maximum absolute atomic E-state index is 12.1. The van der Waals surface area contributed by atoms with Crippen molar-refractivity contribution in [2.75, 3.05) is 31.8 Å². The van der Waals surface area contributed by atoms with Gasteiger partial charge in [0.1, 0.15) is 12.4 Å². The van der Waals surface area contributed by atoms with Gasteiger partial charge in [0, 0.05) is 13.7 Å².